The minimum Gasteiger partial charge on any atom is -0.444 e. The third kappa shape index (κ3) is 5.20. The molecule has 3 rings (SSSR count). The minimum absolute atomic E-state index is 0.148. The number of amides is 1. The van der Waals surface area contributed by atoms with Crippen molar-refractivity contribution in [2.45, 2.75) is 71.9 Å². The Kier molecular flexibility index (Phi) is 6.19. The molecule has 0 aliphatic heterocycles. The van der Waals surface area contributed by atoms with Gasteiger partial charge in [0.1, 0.15) is 23.0 Å². The molecule has 162 valence electrons. The summed E-state index contributed by atoms with van der Waals surface area (Å²) in [6.45, 7) is 9.15. The van der Waals surface area contributed by atoms with Gasteiger partial charge in [-0.1, -0.05) is 13.8 Å². The van der Waals surface area contributed by atoms with Gasteiger partial charge in [-0.3, -0.25) is 0 Å². The van der Waals surface area contributed by atoms with E-state index in [4.69, 9.17) is 13.9 Å². The standard InChI is InChI=1S/C23H29NO6/c1-13(2)11-18(24-22(27)30-23(3,4)5)21(26)28-14-9-10-16-15-7-6-8-17(15)20(25)29-19(16)12-14/h9-10,12-13,18H,6-8,11H2,1-5H3,(H,24,27). The van der Waals surface area contributed by atoms with E-state index in [1.807, 2.05) is 19.9 Å². The zero-order chi connectivity index (χ0) is 22.1. The van der Waals surface area contributed by atoms with Crippen molar-refractivity contribution < 1.29 is 23.5 Å². The quantitative estimate of drug-likeness (QED) is 0.448. The Bertz CT molecular complexity index is 1010. The number of carbonyl (C=O) groups is 2. The van der Waals surface area contributed by atoms with E-state index in [0.29, 0.717) is 12.0 Å². The highest BCUT2D eigenvalue weighted by atomic mass is 16.6. The second kappa shape index (κ2) is 8.50. The number of fused-ring (bicyclic) bond motifs is 3. The molecule has 1 N–H and O–H groups in total. The predicted octanol–water partition coefficient (Wildman–Crippen LogP) is 4.13. The third-order valence-electron chi connectivity index (χ3n) is 4.85. The molecule has 1 atom stereocenters. The number of benzene rings is 1. The van der Waals surface area contributed by atoms with Gasteiger partial charge in [-0.15, -0.1) is 0 Å². The molecule has 0 saturated carbocycles. The summed E-state index contributed by atoms with van der Waals surface area (Å²) in [6, 6.07) is 4.18. The van der Waals surface area contributed by atoms with Crippen LogP contribution in [0.15, 0.2) is 27.4 Å². The van der Waals surface area contributed by atoms with Crippen LogP contribution in [0.1, 0.15) is 58.6 Å². The van der Waals surface area contributed by atoms with E-state index in [0.717, 1.165) is 35.8 Å². The summed E-state index contributed by atoms with van der Waals surface area (Å²) in [5.74, 6) is -0.194. The first-order chi connectivity index (χ1) is 14.0. The zero-order valence-corrected chi connectivity index (χ0v) is 18.2. The smallest absolute Gasteiger partial charge is 0.408 e. The maximum absolute atomic E-state index is 12.8. The van der Waals surface area contributed by atoms with Crippen molar-refractivity contribution in [1.82, 2.24) is 5.32 Å². The van der Waals surface area contributed by atoms with E-state index in [2.05, 4.69) is 5.32 Å². The Morgan fingerprint density at radius 2 is 1.87 bits per heavy atom. The highest BCUT2D eigenvalue weighted by Gasteiger charge is 2.27. The van der Waals surface area contributed by atoms with Crippen LogP contribution in [-0.4, -0.2) is 23.7 Å². The summed E-state index contributed by atoms with van der Waals surface area (Å²) in [6.07, 6.45) is 2.23. The summed E-state index contributed by atoms with van der Waals surface area (Å²) in [5.41, 5.74) is 1.15. The zero-order valence-electron chi connectivity index (χ0n) is 18.2. The van der Waals surface area contributed by atoms with Gasteiger partial charge in [0.25, 0.3) is 0 Å². The lowest BCUT2D eigenvalue weighted by atomic mass is 10.0. The number of hydrogen-bond donors (Lipinski definition) is 1. The molecule has 0 radical (unpaired) electrons. The molecule has 0 saturated heterocycles. The third-order valence-corrected chi connectivity index (χ3v) is 4.85. The van der Waals surface area contributed by atoms with E-state index >= 15 is 0 Å². The molecule has 1 amide bonds. The van der Waals surface area contributed by atoms with Crippen molar-refractivity contribution in [3.8, 4) is 5.75 Å². The molecule has 1 aliphatic rings. The number of ether oxygens (including phenoxy) is 2. The van der Waals surface area contributed by atoms with Crippen LogP contribution in [0, 0.1) is 5.92 Å². The highest BCUT2D eigenvalue weighted by molar-refractivity contribution is 5.86. The van der Waals surface area contributed by atoms with Gasteiger partial charge in [0.05, 0.1) is 0 Å². The van der Waals surface area contributed by atoms with Gasteiger partial charge in [0.15, 0.2) is 0 Å². The number of esters is 1. The van der Waals surface area contributed by atoms with Gasteiger partial charge < -0.3 is 19.2 Å². The molecule has 7 nitrogen and oxygen atoms in total. The lowest BCUT2D eigenvalue weighted by molar-refractivity contribution is -0.137. The van der Waals surface area contributed by atoms with Crippen LogP contribution in [0.2, 0.25) is 0 Å². The number of aryl methyl sites for hydroxylation is 1. The topological polar surface area (TPSA) is 94.8 Å². The number of nitrogens with one attached hydrogen (secondary N) is 1. The summed E-state index contributed by atoms with van der Waals surface area (Å²) in [5, 5.41) is 3.46. The van der Waals surface area contributed by atoms with Crippen molar-refractivity contribution >= 4 is 23.0 Å². The van der Waals surface area contributed by atoms with Gasteiger partial charge in [0, 0.05) is 17.0 Å². The number of carbonyl (C=O) groups excluding carboxylic acids is 2. The highest BCUT2D eigenvalue weighted by Crippen LogP contribution is 2.29. The van der Waals surface area contributed by atoms with Gasteiger partial charge in [0.2, 0.25) is 0 Å². The van der Waals surface area contributed by atoms with Crippen LogP contribution in [0.4, 0.5) is 4.79 Å². The number of hydrogen-bond acceptors (Lipinski definition) is 6. The van der Waals surface area contributed by atoms with Gasteiger partial charge in [-0.2, -0.15) is 0 Å². The summed E-state index contributed by atoms with van der Waals surface area (Å²) >= 11 is 0. The van der Waals surface area contributed by atoms with Crippen molar-refractivity contribution in [3.05, 3.63) is 39.7 Å². The monoisotopic (exact) mass is 415 g/mol. The maximum Gasteiger partial charge on any atom is 0.408 e. The van der Waals surface area contributed by atoms with Crippen LogP contribution in [0.25, 0.3) is 11.0 Å². The molecular weight excluding hydrogens is 386 g/mol. The first-order valence-corrected chi connectivity index (χ1v) is 10.3. The molecule has 1 aromatic carbocycles. The molecular formula is C23H29NO6. The second-order valence-electron chi connectivity index (χ2n) is 9.11. The molecule has 0 fully saturated rings. The predicted molar refractivity (Wildman–Crippen MR) is 113 cm³/mol. The molecule has 1 aromatic heterocycles. The van der Waals surface area contributed by atoms with Crippen molar-refractivity contribution in [2.24, 2.45) is 5.92 Å². The molecule has 1 heterocycles. The van der Waals surface area contributed by atoms with Crippen LogP contribution >= 0.6 is 0 Å². The Hall–Kier alpha value is -2.83. The number of rotatable bonds is 5. The molecule has 2 aromatic rings. The van der Waals surface area contributed by atoms with Gasteiger partial charge in [-0.25, -0.2) is 14.4 Å². The summed E-state index contributed by atoms with van der Waals surface area (Å²) in [7, 11) is 0. The Balaban J connectivity index is 1.79. The van der Waals surface area contributed by atoms with Crippen molar-refractivity contribution in [1.29, 1.82) is 0 Å². The van der Waals surface area contributed by atoms with Crippen LogP contribution < -0.4 is 15.7 Å². The van der Waals surface area contributed by atoms with E-state index < -0.39 is 23.7 Å². The lowest BCUT2D eigenvalue weighted by Gasteiger charge is -2.23. The second-order valence-corrected chi connectivity index (χ2v) is 9.11. The fourth-order valence-corrected chi connectivity index (χ4v) is 3.65. The fourth-order valence-electron chi connectivity index (χ4n) is 3.65. The molecule has 0 bridgehead atoms. The first kappa shape index (κ1) is 21.9. The van der Waals surface area contributed by atoms with E-state index in [9.17, 15) is 14.4 Å². The van der Waals surface area contributed by atoms with Crippen molar-refractivity contribution in [2.75, 3.05) is 0 Å². The molecule has 7 heteroatoms. The Labute approximate surface area is 175 Å². The molecule has 30 heavy (non-hydrogen) atoms. The number of alkyl carbamates (subject to hydrolysis) is 1. The van der Waals surface area contributed by atoms with E-state index in [1.165, 1.54) is 0 Å². The molecule has 1 aliphatic carbocycles. The summed E-state index contributed by atoms with van der Waals surface area (Å²) in [4.78, 5) is 37.1. The first-order valence-electron chi connectivity index (χ1n) is 10.3. The Morgan fingerprint density at radius 3 is 2.53 bits per heavy atom. The minimum atomic E-state index is -0.859. The van der Waals surface area contributed by atoms with E-state index in [1.54, 1.807) is 32.9 Å². The maximum atomic E-state index is 12.8. The fraction of sp³-hybridized carbons (Fsp3) is 0.522. The molecule has 0 spiro atoms. The van der Waals surface area contributed by atoms with E-state index in [-0.39, 0.29) is 17.3 Å². The average molecular weight is 415 g/mol. The molecule has 1 unspecified atom stereocenters. The largest absolute Gasteiger partial charge is 0.444 e. The van der Waals surface area contributed by atoms with Gasteiger partial charge >= 0.3 is 17.7 Å². The van der Waals surface area contributed by atoms with Crippen molar-refractivity contribution in [3.63, 3.8) is 0 Å². The Morgan fingerprint density at radius 1 is 1.17 bits per heavy atom. The van der Waals surface area contributed by atoms with Crippen LogP contribution in [-0.2, 0) is 22.4 Å². The SMILES string of the molecule is CC(C)CC(NC(=O)OC(C)(C)C)C(=O)Oc1ccc2c3c(c(=O)oc2c1)CCC3. The summed E-state index contributed by atoms with van der Waals surface area (Å²) < 4.78 is 16.2. The van der Waals surface area contributed by atoms with Crippen LogP contribution in [0.3, 0.4) is 0 Å². The van der Waals surface area contributed by atoms with Crippen LogP contribution in [0.5, 0.6) is 5.75 Å². The normalized spacial score (nSPS) is 14.5. The average Bonchev–Trinajstić information content (AvgIpc) is 3.09. The lowest BCUT2D eigenvalue weighted by Crippen LogP contribution is -2.45. The van der Waals surface area contributed by atoms with Gasteiger partial charge in [-0.05, 0) is 70.1 Å².